The molecule has 1 aromatic carbocycles. The molecule has 0 saturated heterocycles. The van der Waals surface area contributed by atoms with E-state index in [2.05, 4.69) is 0 Å². The van der Waals surface area contributed by atoms with Crippen molar-refractivity contribution in [2.24, 2.45) is 0 Å². The van der Waals surface area contributed by atoms with Crippen LogP contribution in [-0.4, -0.2) is 34.5 Å². The third-order valence-corrected chi connectivity index (χ3v) is 3.33. The lowest BCUT2D eigenvalue weighted by atomic mass is 10.1. The number of nitrogens with zero attached hydrogens (tertiary/aromatic N) is 1. The minimum atomic E-state index is -1.27. The van der Waals surface area contributed by atoms with Gasteiger partial charge in [0.05, 0.1) is 12.8 Å². The van der Waals surface area contributed by atoms with Gasteiger partial charge in [0.15, 0.2) is 0 Å². The molecule has 6 nitrogen and oxygen atoms in total. The van der Waals surface area contributed by atoms with Gasteiger partial charge in [0.2, 0.25) is 0 Å². The van der Waals surface area contributed by atoms with E-state index in [4.69, 9.17) is 14.9 Å². The highest BCUT2D eigenvalue weighted by atomic mass is 16.5. The molecule has 1 aromatic heterocycles. The Balaban J connectivity index is 2.67. The summed E-state index contributed by atoms with van der Waals surface area (Å²) in [5.74, 6) is -0.683. The quantitative estimate of drug-likeness (QED) is 0.846. The molecule has 1 heterocycles. The molecule has 0 aliphatic heterocycles. The molecule has 0 unspecified atom stereocenters. The highest BCUT2D eigenvalue weighted by molar-refractivity contribution is 5.87. The van der Waals surface area contributed by atoms with Crippen molar-refractivity contribution in [3.63, 3.8) is 0 Å². The molecule has 2 rings (SSSR count). The number of aliphatic hydroxyl groups excluding tert-OH is 1. The highest BCUT2D eigenvalue weighted by Gasteiger charge is 2.16. The fraction of sp³-hybridized carbons (Fsp3) is 0.250. The van der Waals surface area contributed by atoms with E-state index >= 15 is 0 Å². The van der Waals surface area contributed by atoms with Crippen LogP contribution in [0.15, 0.2) is 41.2 Å². The van der Waals surface area contributed by atoms with Crippen LogP contribution in [0.4, 0.5) is 0 Å². The summed E-state index contributed by atoms with van der Waals surface area (Å²) >= 11 is 0. The number of hydrogen-bond donors (Lipinski definition) is 2. The maximum atomic E-state index is 12.4. The number of benzene rings is 1. The van der Waals surface area contributed by atoms with Crippen molar-refractivity contribution in [3.8, 4) is 17.0 Å². The van der Waals surface area contributed by atoms with E-state index in [9.17, 15) is 9.59 Å². The molecule has 116 valence electrons. The lowest BCUT2D eigenvalue weighted by Crippen LogP contribution is -2.28. The average molecular weight is 303 g/mol. The second kappa shape index (κ2) is 6.91. The molecule has 2 aromatic rings. The van der Waals surface area contributed by atoms with Crippen LogP contribution in [0.2, 0.25) is 0 Å². The van der Waals surface area contributed by atoms with E-state index in [0.717, 1.165) is 0 Å². The highest BCUT2D eigenvalue weighted by Crippen LogP contribution is 2.29. The predicted molar refractivity (Wildman–Crippen MR) is 81.4 cm³/mol. The van der Waals surface area contributed by atoms with Crippen molar-refractivity contribution in [2.75, 3.05) is 13.7 Å². The van der Waals surface area contributed by atoms with Gasteiger partial charge in [-0.25, -0.2) is 4.79 Å². The smallest absolute Gasteiger partial charge is 0.341 e. The number of aromatic carboxylic acids is 1. The van der Waals surface area contributed by atoms with Gasteiger partial charge in [0.25, 0.3) is 5.56 Å². The number of methoxy groups -OCH3 is 1. The lowest BCUT2D eigenvalue weighted by Gasteiger charge is -2.15. The number of carbonyl (C=O) groups is 1. The molecule has 0 atom stereocenters. The number of carboxylic acid groups (broad SMARTS) is 1. The van der Waals surface area contributed by atoms with Crippen LogP contribution in [0.25, 0.3) is 11.3 Å². The molecule has 6 heteroatoms. The molecule has 0 spiro atoms. The van der Waals surface area contributed by atoms with Gasteiger partial charge in [-0.2, -0.15) is 0 Å². The topological polar surface area (TPSA) is 88.8 Å². The fourth-order valence-corrected chi connectivity index (χ4v) is 2.28. The van der Waals surface area contributed by atoms with Crippen LogP contribution >= 0.6 is 0 Å². The van der Waals surface area contributed by atoms with Gasteiger partial charge >= 0.3 is 5.97 Å². The minimum absolute atomic E-state index is 0.0882. The summed E-state index contributed by atoms with van der Waals surface area (Å²) in [6.07, 6.45) is 0.352. The Morgan fingerprint density at radius 3 is 2.59 bits per heavy atom. The van der Waals surface area contributed by atoms with Crippen molar-refractivity contribution >= 4 is 5.97 Å². The summed E-state index contributed by atoms with van der Waals surface area (Å²) in [7, 11) is 1.53. The molecule has 0 saturated carbocycles. The van der Waals surface area contributed by atoms with Crippen molar-refractivity contribution in [2.45, 2.75) is 13.0 Å². The second-order valence-electron chi connectivity index (χ2n) is 4.67. The van der Waals surface area contributed by atoms with Crippen LogP contribution < -0.4 is 10.3 Å². The first-order valence-corrected chi connectivity index (χ1v) is 6.81. The SMILES string of the molecule is COc1ccccc1-c1ccc(C(=O)O)c(=O)n1CCCO. The van der Waals surface area contributed by atoms with E-state index in [0.29, 0.717) is 23.4 Å². The molecule has 0 aliphatic carbocycles. The number of para-hydroxylation sites is 1. The van der Waals surface area contributed by atoms with Gasteiger partial charge in [-0.15, -0.1) is 0 Å². The molecule has 0 bridgehead atoms. The third-order valence-electron chi connectivity index (χ3n) is 3.33. The molecular formula is C16H17NO5. The van der Waals surface area contributed by atoms with E-state index in [-0.39, 0.29) is 18.7 Å². The molecule has 0 aliphatic rings. The normalized spacial score (nSPS) is 10.5. The number of hydrogen-bond acceptors (Lipinski definition) is 4. The summed E-state index contributed by atoms with van der Waals surface area (Å²) in [6, 6.07) is 10.1. The summed E-state index contributed by atoms with van der Waals surface area (Å²) in [5, 5.41) is 18.1. The number of aromatic nitrogens is 1. The first kappa shape index (κ1) is 15.8. The summed E-state index contributed by atoms with van der Waals surface area (Å²) < 4.78 is 6.65. The number of pyridine rings is 1. The van der Waals surface area contributed by atoms with Crippen molar-refractivity contribution in [1.82, 2.24) is 4.57 Å². The summed E-state index contributed by atoms with van der Waals surface area (Å²) in [6.45, 7) is 0.138. The summed E-state index contributed by atoms with van der Waals surface area (Å²) in [4.78, 5) is 23.5. The molecular weight excluding hydrogens is 286 g/mol. The Bertz CT molecular complexity index is 736. The largest absolute Gasteiger partial charge is 0.496 e. The van der Waals surface area contributed by atoms with E-state index in [1.54, 1.807) is 18.2 Å². The lowest BCUT2D eigenvalue weighted by molar-refractivity contribution is 0.0694. The summed E-state index contributed by atoms with van der Waals surface area (Å²) in [5.41, 5.74) is 0.360. The first-order valence-electron chi connectivity index (χ1n) is 6.81. The number of aliphatic hydroxyl groups is 1. The number of ether oxygens (including phenoxy) is 1. The van der Waals surface area contributed by atoms with E-state index in [1.165, 1.54) is 17.7 Å². The Kier molecular flexibility index (Phi) is 4.95. The van der Waals surface area contributed by atoms with Crippen molar-refractivity contribution < 1.29 is 19.7 Å². The Morgan fingerprint density at radius 2 is 1.95 bits per heavy atom. The predicted octanol–water partition coefficient (Wildman–Crippen LogP) is 1.60. The fourth-order valence-electron chi connectivity index (χ4n) is 2.28. The molecule has 2 N–H and O–H groups in total. The molecule has 0 amide bonds. The van der Waals surface area contributed by atoms with Crippen LogP contribution in [-0.2, 0) is 6.54 Å². The van der Waals surface area contributed by atoms with Crippen molar-refractivity contribution in [3.05, 3.63) is 52.3 Å². The Hall–Kier alpha value is -2.60. The average Bonchev–Trinajstić information content (AvgIpc) is 2.53. The molecule has 0 fully saturated rings. The number of rotatable bonds is 6. The van der Waals surface area contributed by atoms with Crippen LogP contribution in [0, 0.1) is 0 Å². The zero-order valence-electron chi connectivity index (χ0n) is 12.2. The van der Waals surface area contributed by atoms with E-state index < -0.39 is 11.5 Å². The minimum Gasteiger partial charge on any atom is -0.496 e. The third kappa shape index (κ3) is 3.01. The zero-order valence-corrected chi connectivity index (χ0v) is 12.2. The monoisotopic (exact) mass is 303 g/mol. The zero-order chi connectivity index (χ0) is 16.1. The maximum Gasteiger partial charge on any atom is 0.341 e. The Labute approximate surface area is 127 Å². The van der Waals surface area contributed by atoms with Gasteiger partial charge in [0, 0.05) is 18.7 Å². The van der Waals surface area contributed by atoms with Gasteiger partial charge in [0.1, 0.15) is 11.3 Å². The standard InChI is InChI=1S/C16H17NO5/c1-22-14-6-3-2-5-11(14)13-8-7-12(16(20)21)15(19)17(13)9-4-10-18/h2-3,5-8,18H,4,9-10H2,1H3,(H,20,21). The van der Waals surface area contributed by atoms with Crippen molar-refractivity contribution in [1.29, 1.82) is 0 Å². The van der Waals surface area contributed by atoms with Crippen LogP contribution in [0.3, 0.4) is 0 Å². The second-order valence-corrected chi connectivity index (χ2v) is 4.67. The Morgan fingerprint density at radius 1 is 1.23 bits per heavy atom. The number of carboxylic acids is 1. The van der Waals surface area contributed by atoms with Gasteiger partial charge in [-0.1, -0.05) is 12.1 Å². The first-order chi connectivity index (χ1) is 10.6. The maximum absolute atomic E-state index is 12.4. The van der Waals surface area contributed by atoms with Gasteiger partial charge < -0.3 is 19.5 Å². The van der Waals surface area contributed by atoms with Crippen LogP contribution in [0.5, 0.6) is 5.75 Å². The molecule has 0 radical (unpaired) electrons. The van der Waals surface area contributed by atoms with E-state index in [1.807, 2.05) is 12.1 Å². The van der Waals surface area contributed by atoms with Crippen LogP contribution in [0.1, 0.15) is 16.8 Å². The van der Waals surface area contributed by atoms with Gasteiger partial charge in [-0.3, -0.25) is 4.79 Å². The molecule has 22 heavy (non-hydrogen) atoms. The van der Waals surface area contributed by atoms with Gasteiger partial charge in [-0.05, 0) is 30.7 Å².